The minimum Gasteiger partial charge on any atom is -0.386 e. The second-order valence-corrected chi connectivity index (χ2v) is 6.23. The Labute approximate surface area is 141 Å². The van der Waals surface area contributed by atoms with Crippen LogP contribution in [0.3, 0.4) is 0 Å². The van der Waals surface area contributed by atoms with Crippen molar-refractivity contribution in [2.75, 3.05) is 31.6 Å². The van der Waals surface area contributed by atoms with Crippen LogP contribution in [0.25, 0.3) is 0 Å². The summed E-state index contributed by atoms with van der Waals surface area (Å²) in [5.41, 5.74) is -0.492. The van der Waals surface area contributed by atoms with E-state index in [9.17, 15) is 9.90 Å². The molecule has 0 bridgehead atoms. The van der Waals surface area contributed by atoms with E-state index in [1.54, 1.807) is 24.2 Å². The predicted molar refractivity (Wildman–Crippen MR) is 89.6 cm³/mol. The smallest absolute Gasteiger partial charge is 0.255 e. The summed E-state index contributed by atoms with van der Waals surface area (Å²) < 4.78 is 0. The SMILES string of the molecule is CN(C[C@@]1(O)CCCN(c2ccccn2)C1)C(=O)c1ccnnc1. The zero-order chi connectivity index (χ0) is 17.0. The van der Waals surface area contributed by atoms with Crippen molar-refractivity contribution in [3.63, 3.8) is 0 Å². The molecule has 1 saturated heterocycles. The van der Waals surface area contributed by atoms with Crippen LogP contribution in [0.5, 0.6) is 0 Å². The second-order valence-electron chi connectivity index (χ2n) is 6.23. The van der Waals surface area contributed by atoms with E-state index in [1.165, 1.54) is 12.4 Å². The zero-order valence-corrected chi connectivity index (χ0v) is 13.7. The van der Waals surface area contributed by atoms with Gasteiger partial charge in [0.25, 0.3) is 5.91 Å². The summed E-state index contributed by atoms with van der Waals surface area (Å²) in [6.45, 7) is 1.57. The minimum atomic E-state index is -0.958. The van der Waals surface area contributed by atoms with E-state index in [0.717, 1.165) is 18.8 Å². The van der Waals surface area contributed by atoms with Gasteiger partial charge in [-0.25, -0.2) is 4.98 Å². The molecule has 1 fully saturated rings. The average Bonchev–Trinajstić information content (AvgIpc) is 2.62. The van der Waals surface area contributed by atoms with Gasteiger partial charge in [0.2, 0.25) is 0 Å². The van der Waals surface area contributed by atoms with Gasteiger partial charge in [0, 0.05) is 26.3 Å². The highest BCUT2D eigenvalue weighted by Gasteiger charge is 2.36. The molecule has 1 atom stereocenters. The van der Waals surface area contributed by atoms with Crippen LogP contribution in [0.15, 0.2) is 42.9 Å². The van der Waals surface area contributed by atoms with Crippen LogP contribution in [0.2, 0.25) is 0 Å². The molecule has 1 aliphatic heterocycles. The molecule has 3 rings (SSSR count). The number of piperidine rings is 1. The summed E-state index contributed by atoms with van der Waals surface area (Å²) >= 11 is 0. The van der Waals surface area contributed by atoms with Crippen LogP contribution in [-0.2, 0) is 0 Å². The molecule has 0 aromatic carbocycles. The number of β-amino-alcohol motifs (C(OH)–C–C–N with tert-alkyl or cyclic N) is 1. The maximum Gasteiger partial charge on any atom is 0.255 e. The zero-order valence-electron chi connectivity index (χ0n) is 13.7. The van der Waals surface area contributed by atoms with Gasteiger partial charge in [-0.1, -0.05) is 6.07 Å². The first-order valence-corrected chi connectivity index (χ1v) is 7.98. The molecular weight excluding hydrogens is 306 g/mol. The van der Waals surface area contributed by atoms with Crippen molar-refractivity contribution in [3.05, 3.63) is 48.4 Å². The molecule has 3 heterocycles. The first-order valence-electron chi connectivity index (χ1n) is 7.98. The summed E-state index contributed by atoms with van der Waals surface area (Å²) in [4.78, 5) is 20.4. The lowest BCUT2D eigenvalue weighted by molar-refractivity contribution is -0.000148. The Kier molecular flexibility index (Phi) is 4.71. The standard InChI is InChI=1S/C17H21N5O2/c1-21(16(23)14-6-9-19-20-11-14)12-17(24)7-4-10-22(13-17)15-5-2-3-8-18-15/h2-3,5-6,8-9,11,24H,4,7,10,12-13H2,1H3/t17-/m0/s1. The number of rotatable bonds is 4. The fourth-order valence-corrected chi connectivity index (χ4v) is 3.13. The minimum absolute atomic E-state index is 0.173. The van der Waals surface area contributed by atoms with E-state index in [2.05, 4.69) is 20.1 Å². The Balaban J connectivity index is 1.68. The number of likely N-dealkylation sites (N-methyl/N-ethyl adjacent to an activating group) is 1. The summed E-state index contributed by atoms with van der Waals surface area (Å²) in [6, 6.07) is 7.36. The van der Waals surface area contributed by atoms with Crippen molar-refractivity contribution in [1.29, 1.82) is 0 Å². The maximum atomic E-state index is 12.4. The number of aromatic nitrogens is 3. The predicted octanol–water partition coefficient (Wildman–Crippen LogP) is 0.975. The number of carbonyl (C=O) groups excluding carboxylic acids is 1. The van der Waals surface area contributed by atoms with E-state index in [4.69, 9.17) is 0 Å². The second kappa shape index (κ2) is 6.92. The lowest BCUT2D eigenvalue weighted by Crippen LogP contribution is -2.54. The van der Waals surface area contributed by atoms with Gasteiger partial charge in [0.15, 0.2) is 0 Å². The number of pyridine rings is 1. The fourth-order valence-electron chi connectivity index (χ4n) is 3.13. The van der Waals surface area contributed by atoms with Crippen molar-refractivity contribution in [2.45, 2.75) is 18.4 Å². The van der Waals surface area contributed by atoms with Gasteiger partial charge in [-0.15, -0.1) is 0 Å². The van der Waals surface area contributed by atoms with E-state index in [-0.39, 0.29) is 12.5 Å². The van der Waals surface area contributed by atoms with E-state index in [1.807, 2.05) is 18.2 Å². The van der Waals surface area contributed by atoms with Crippen LogP contribution >= 0.6 is 0 Å². The van der Waals surface area contributed by atoms with Gasteiger partial charge in [-0.05, 0) is 31.0 Å². The summed E-state index contributed by atoms with van der Waals surface area (Å²) in [7, 11) is 1.69. The molecule has 1 amide bonds. The van der Waals surface area contributed by atoms with Gasteiger partial charge in [-0.2, -0.15) is 10.2 Å². The molecule has 1 aliphatic rings. The molecule has 2 aromatic rings. The van der Waals surface area contributed by atoms with Gasteiger partial charge in [0.1, 0.15) is 5.82 Å². The molecule has 126 valence electrons. The molecule has 0 aliphatic carbocycles. The van der Waals surface area contributed by atoms with Gasteiger partial charge in [0.05, 0.1) is 30.1 Å². The van der Waals surface area contributed by atoms with Gasteiger partial charge < -0.3 is 14.9 Å². The average molecular weight is 327 g/mol. The summed E-state index contributed by atoms with van der Waals surface area (Å²) in [5, 5.41) is 18.4. The van der Waals surface area contributed by atoms with E-state index < -0.39 is 5.60 Å². The maximum absolute atomic E-state index is 12.4. The number of nitrogens with zero attached hydrogens (tertiary/aromatic N) is 5. The summed E-state index contributed by atoms with van der Waals surface area (Å²) in [5.74, 6) is 0.677. The highest BCUT2D eigenvalue weighted by Crippen LogP contribution is 2.25. The third kappa shape index (κ3) is 3.68. The molecule has 0 radical (unpaired) electrons. The molecular formula is C17H21N5O2. The largest absolute Gasteiger partial charge is 0.386 e. The number of aliphatic hydroxyl groups is 1. The summed E-state index contributed by atoms with van der Waals surface area (Å²) in [6.07, 6.45) is 6.17. The monoisotopic (exact) mass is 327 g/mol. The Morgan fingerprint density at radius 2 is 2.21 bits per heavy atom. The van der Waals surface area contributed by atoms with Crippen molar-refractivity contribution in [2.24, 2.45) is 0 Å². The molecule has 1 N–H and O–H groups in total. The third-order valence-electron chi connectivity index (χ3n) is 4.24. The van der Waals surface area contributed by atoms with Crippen LogP contribution < -0.4 is 4.90 Å². The van der Waals surface area contributed by atoms with Crippen LogP contribution in [0.1, 0.15) is 23.2 Å². The number of hydrogen-bond acceptors (Lipinski definition) is 6. The third-order valence-corrected chi connectivity index (χ3v) is 4.24. The fraction of sp³-hybridized carbons (Fsp3) is 0.412. The lowest BCUT2D eigenvalue weighted by atomic mass is 9.92. The van der Waals surface area contributed by atoms with E-state index in [0.29, 0.717) is 18.5 Å². The van der Waals surface area contributed by atoms with Crippen LogP contribution in [0, 0.1) is 0 Å². The number of anilines is 1. The lowest BCUT2D eigenvalue weighted by Gasteiger charge is -2.41. The molecule has 7 nitrogen and oxygen atoms in total. The Morgan fingerprint density at radius 3 is 2.92 bits per heavy atom. The number of carbonyl (C=O) groups is 1. The van der Waals surface area contributed by atoms with Crippen LogP contribution in [0.4, 0.5) is 5.82 Å². The normalized spacial score (nSPS) is 20.7. The quantitative estimate of drug-likeness (QED) is 0.901. The molecule has 0 unspecified atom stereocenters. The Bertz CT molecular complexity index is 682. The van der Waals surface area contributed by atoms with Crippen molar-refractivity contribution in [3.8, 4) is 0 Å². The van der Waals surface area contributed by atoms with Crippen molar-refractivity contribution < 1.29 is 9.90 Å². The molecule has 7 heteroatoms. The van der Waals surface area contributed by atoms with Crippen molar-refractivity contribution >= 4 is 11.7 Å². The first-order chi connectivity index (χ1) is 11.6. The van der Waals surface area contributed by atoms with Crippen molar-refractivity contribution in [1.82, 2.24) is 20.1 Å². The first kappa shape index (κ1) is 16.3. The highest BCUT2D eigenvalue weighted by atomic mass is 16.3. The molecule has 0 saturated carbocycles. The number of hydrogen-bond donors (Lipinski definition) is 1. The highest BCUT2D eigenvalue weighted by molar-refractivity contribution is 5.93. The Morgan fingerprint density at radius 1 is 1.33 bits per heavy atom. The molecule has 2 aromatic heterocycles. The van der Waals surface area contributed by atoms with Crippen LogP contribution in [-0.4, -0.2) is 63.4 Å². The number of amides is 1. The van der Waals surface area contributed by atoms with E-state index >= 15 is 0 Å². The Hall–Kier alpha value is -2.54. The molecule has 0 spiro atoms. The molecule has 24 heavy (non-hydrogen) atoms. The van der Waals surface area contributed by atoms with Gasteiger partial charge >= 0.3 is 0 Å². The van der Waals surface area contributed by atoms with Gasteiger partial charge in [-0.3, -0.25) is 4.79 Å². The topological polar surface area (TPSA) is 82.5 Å².